The number of esters is 1. The van der Waals surface area contributed by atoms with E-state index in [9.17, 15) is 19.2 Å². The summed E-state index contributed by atoms with van der Waals surface area (Å²) in [6.07, 6.45) is 2.15. The van der Waals surface area contributed by atoms with Crippen LogP contribution in [0.5, 0.6) is 0 Å². The summed E-state index contributed by atoms with van der Waals surface area (Å²) in [6, 6.07) is 13.0. The molecule has 2 N–H and O–H groups in total. The third kappa shape index (κ3) is 6.41. The van der Waals surface area contributed by atoms with E-state index in [4.69, 9.17) is 4.74 Å². The number of carbonyl (C=O) groups is 4. The van der Waals surface area contributed by atoms with Gasteiger partial charge in [0.15, 0.2) is 0 Å². The van der Waals surface area contributed by atoms with Crippen LogP contribution in [-0.4, -0.2) is 48.3 Å². The topological polar surface area (TPSA) is 105 Å². The molecule has 3 amide bonds. The molecule has 1 fully saturated rings. The molecular formula is C25H29N3O5. The van der Waals surface area contributed by atoms with Crippen LogP contribution in [0, 0.1) is 5.92 Å². The van der Waals surface area contributed by atoms with E-state index in [2.05, 4.69) is 17.6 Å². The molecule has 1 aliphatic rings. The smallest absolute Gasteiger partial charge is 0.338 e. The van der Waals surface area contributed by atoms with E-state index >= 15 is 0 Å². The third-order valence-corrected chi connectivity index (χ3v) is 5.41. The zero-order valence-electron chi connectivity index (χ0n) is 18.9. The van der Waals surface area contributed by atoms with Gasteiger partial charge in [0.05, 0.1) is 18.1 Å². The Balaban J connectivity index is 1.56. The Kier molecular flexibility index (Phi) is 8.18. The van der Waals surface area contributed by atoms with E-state index in [-0.39, 0.29) is 36.7 Å². The second-order valence-corrected chi connectivity index (χ2v) is 7.92. The summed E-state index contributed by atoms with van der Waals surface area (Å²) < 4.78 is 4.98. The van der Waals surface area contributed by atoms with Crippen molar-refractivity contribution in [3.05, 3.63) is 59.7 Å². The van der Waals surface area contributed by atoms with Crippen LogP contribution in [0.2, 0.25) is 0 Å². The van der Waals surface area contributed by atoms with Crippen molar-refractivity contribution in [1.82, 2.24) is 4.90 Å². The van der Waals surface area contributed by atoms with Crippen molar-refractivity contribution in [1.29, 1.82) is 0 Å². The van der Waals surface area contributed by atoms with Crippen molar-refractivity contribution < 1.29 is 23.9 Å². The summed E-state index contributed by atoms with van der Waals surface area (Å²) in [4.78, 5) is 50.8. The predicted molar refractivity (Wildman–Crippen MR) is 125 cm³/mol. The Morgan fingerprint density at radius 3 is 2.45 bits per heavy atom. The molecule has 3 rings (SSSR count). The van der Waals surface area contributed by atoms with E-state index in [1.807, 2.05) is 0 Å². The van der Waals surface area contributed by atoms with Crippen molar-refractivity contribution in [2.75, 3.05) is 30.3 Å². The van der Waals surface area contributed by atoms with Crippen LogP contribution in [0.25, 0.3) is 0 Å². The second-order valence-electron chi connectivity index (χ2n) is 7.92. The zero-order valence-corrected chi connectivity index (χ0v) is 18.9. The van der Waals surface area contributed by atoms with Gasteiger partial charge in [-0.1, -0.05) is 19.4 Å². The molecule has 174 valence electrons. The average Bonchev–Trinajstić information content (AvgIpc) is 3.19. The molecule has 0 aliphatic carbocycles. The first kappa shape index (κ1) is 24.0. The molecule has 8 heteroatoms. The Morgan fingerprint density at radius 2 is 1.76 bits per heavy atom. The van der Waals surface area contributed by atoms with E-state index in [0.29, 0.717) is 35.6 Å². The van der Waals surface area contributed by atoms with Crippen LogP contribution in [0.3, 0.4) is 0 Å². The van der Waals surface area contributed by atoms with E-state index in [1.54, 1.807) is 60.4 Å². The number of likely N-dealkylation sites (tertiary alicyclic amines) is 1. The highest BCUT2D eigenvalue weighted by molar-refractivity contribution is 6.05. The van der Waals surface area contributed by atoms with Crippen LogP contribution in [0.4, 0.5) is 11.4 Å². The van der Waals surface area contributed by atoms with Crippen LogP contribution >= 0.6 is 0 Å². The number of anilines is 2. The lowest BCUT2D eigenvalue weighted by Crippen LogP contribution is -2.29. The van der Waals surface area contributed by atoms with Gasteiger partial charge in [0.2, 0.25) is 11.8 Å². The Bertz CT molecular complexity index is 1020. The fourth-order valence-electron chi connectivity index (χ4n) is 3.60. The largest absolute Gasteiger partial charge is 0.462 e. The Labute approximate surface area is 193 Å². The van der Waals surface area contributed by atoms with Crippen molar-refractivity contribution in [3.8, 4) is 0 Å². The van der Waals surface area contributed by atoms with Crippen LogP contribution < -0.4 is 10.6 Å². The molecule has 0 radical (unpaired) electrons. The Morgan fingerprint density at radius 1 is 1.00 bits per heavy atom. The first-order valence-corrected chi connectivity index (χ1v) is 11.2. The molecule has 0 unspecified atom stereocenters. The maximum absolute atomic E-state index is 12.6. The molecular weight excluding hydrogens is 422 g/mol. The molecule has 1 aliphatic heterocycles. The summed E-state index contributed by atoms with van der Waals surface area (Å²) in [7, 11) is 0. The molecule has 0 bridgehead atoms. The number of ether oxygens (including phenoxy) is 1. The average molecular weight is 452 g/mol. The number of unbranched alkanes of at least 4 members (excludes halogenated alkanes) is 1. The predicted octanol–water partition coefficient (Wildman–Crippen LogP) is 3.70. The molecule has 8 nitrogen and oxygen atoms in total. The minimum Gasteiger partial charge on any atom is -0.462 e. The molecule has 1 atom stereocenters. The van der Waals surface area contributed by atoms with Gasteiger partial charge in [0.1, 0.15) is 0 Å². The van der Waals surface area contributed by atoms with Gasteiger partial charge in [-0.3, -0.25) is 14.4 Å². The van der Waals surface area contributed by atoms with Crippen molar-refractivity contribution >= 4 is 35.1 Å². The van der Waals surface area contributed by atoms with Gasteiger partial charge in [-0.2, -0.15) is 0 Å². The number of rotatable bonds is 9. The lowest BCUT2D eigenvalue weighted by atomic mass is 10.1. The molecule has 1 heterocycles. The van der Waals surface area contributed by atoms with Gasteiger partial charge in [-0.15, -0.1) is 0 Å². The van der Waals surface area contributed by atoms with Gasteiger partial charge in [-0.25, -0.2) is 4.79 Å². The monoisotopic (exact) mass is 451 g/mol. The number of amides is 3. The zero-order chi connectivity index (χ0) is 23.8. The van der Waals surface area contributed by atoms with Crippen LogP contribution in [0.1, 0.15) is 53.8 Å². The number of carbonyl (C=O) groups excluding carboxylic acids is 4. The minimum atomic E-state index is -0.453. The number of hydrogen-bond acceptors (Lipinski definition) is 5. The quantitative estimate of drug-likeness (QED) is 0.566. The molecule has 0 saturated carbocycles. The summed E-state index contributed by atoms with van der Waals surface area (Å²) in [6.45, 7) is 5.19. The van der Waals surface area contributed by atoms with Crippen LogP contribution in [-0.2, 0) is 14.3 Å². The first-order valence-electron chi connectivity index (χ1n) is 11.2. The number of hydrogen-bond donors (Lipinski definition) is 2. The van der Waals surface area contributed by atoms with Crippen molar-refractivity contribution in [2.24, 2.45) is 5.92 Å². The van der Waals surface area contributed by atoms with E-state index in [0.717, 1.165) is 12.8 Å². The SMILES string of the molecule is CCCCN1C[C@@H](C(=O)Nc2ccc(C(=O)Nc3cccc(C(=O)OCC)c3)cc2)CC1=O. The van der Waals surface area contributed by atoms with Gasteiger partial charge in [-0.05, 0) is 55.8 Å². The molecule has 2 aromatic carbocycles. The van der Waals surface area contributed by atoms with Crippen molar-refractivity contribution in [2.45, 2.75) is 33.1 Å². The molecule has 1 saturated heterocycles. The maximum atomic E-state index is 12.6. The van der Waals surface area contributed by atoms with Gasteiger partial charge in [0.25, 0.3) is 5.91 Å². The third-order valence-electron chi connectivity index (χ3n) is 5.41. The Hall–Kier alpha value is -3.68. The lowest BCUT2D eigenvalue weighted by molar-refractivity contribution is -0.128. The number of nitrogens with zero attached hydrogens (tertiary/aromatic N) is 1. The minimum absolute atomic E-state index is 0.0163. The molecule has 0 aromatic heterocycles. The van der Waals surface area contributed by atoms with Gasteiger partial charge < -0.3 is 20.3 Å². The molecule has 2 aromatic rings. The van der Waals surface area contributed by atoms with Crippen molar-refractivity contribution in [3.63, 3.8) is 0 Å². The highest BCUT2D eigenvalue weighted by Gasteiger charge is 2.33. The van der Waals surface area contributed by atoms with E-state index < -0.39 is 5.97 Å². The number of nitrogens with one attached hydrogen (secondary N) is 2. The fraction of sp³-hybridized carbons (Fsp3) is 0.360. The summed E-state index contributed by atoms with van der Waals surface area (Å²) in [5.41, 5.74) is 1.78. The first-order chi connectivity index (χ1) is 15.9. The fourth-order valence-corrected chi connectivity index (χ4v) is 3.60. The maximum Gasteiger partial charge on any atom is 0.338 e. The van der Waals surface area contributed by atoms with Gasteiger partial charge in [0, 0.05) is 36.4 Å². The highest BCUT2D eigenvalue weighted by Crippen LogP contribution is 2.21. The molecule has 33 heavy (non-hydrogen) atoms. The lowest BCUT2D eigenvalue weighted by Gasteiger charge is -2.16. The highest BCUT2D eigenvalue weighted by atomic mass is 16.5. The normalized spacial score (nSPS) is 15.3. The standard InChI is InChI=1S/C25H29N3O5/c1-3-5-13-28-16-19(15-22(28)29)24(31)26-20-11-9-17(10-12-20)23(30)27-21-8-6-7-18(14-21)25(32)33-4-2/h6-12,14,19H,3-5,13,15-16H2,1-2H3,(H,26,31)(H,27,30)/t19-/m0/s1. The summed E-state index contributed by atoms with van der Waals surface area (Å²) in [5, 5.41) is 5.58. The van der Waals surface area contributed by atoms with Gasteiger partial charge >= 0.3 is 5.97 Å². The molecule has 0 spiro atoms. The summed E-state index contributed by atoms with van der Waals surface area (Å²) in [5.74, 6) is -1.35. The number of benzene rings is 2. The van der Waals surface area contributed by atoms with Crippen LogP contribution in [0.15, 0.2) is 48.5 Å². The summed E-state index contributed by atoms with van der Waals surface area (Å²) >= 11 is 0. The van der Waals surface area contributed by atoms with E-state index in [1.165, 1.54) is 0 Å². The second kappa shape index (κ2) is 11.3.